The third-order valence-corrected chi connectivity index (χ3v) is 4.75. The summed E-state index contributed by atoms with van der Waals surface area (Å²) in [7, 11) is -1.18. The average Bonchev–Trinajstić information content (AvgIpc) is 2.42. The first-order valence-electron chi connectivity index (χ1n) is 5.87. The van der Waals surface area contributed by atoms with Crippen LogP contribution in [0.15, 0.2) is 23.1 Å². The molecule has 0 aliphatic heterocycles. The van der Waals surface area contributed by atoms with E-state index in [1.807, 2.05) is 0 Å². The summed E-state index contributed by atoms with van der Waals surface area (Å²) in [5.41, 5.74) is 0. The number of carbonyl (C=O) groups is 1. The van der Waals surface area contributed by atoms with Crippen LogP contribution < -0.4 is 4.74 Å². The van der Waals surface area contributed by atoms with E-state index in [0.29, 0.717) is 5.75 Å². The van der Waals surface area contributed by atoms with Gasteiger partial charge in [0.15, 0.2) is 0 Å². The van der Waals surface area contributed by atoms with Crippen molar-refractivity contribution in [1.82, 2.24) is 4.31 Å². The molecular weight excluding hydrogens is 322 g/mol. The van der Waals surface area contributed by atoms with Crippen LogP contribution in [0.2, 0.25) is 5.02 Å². The Morgan fingerprint density at radius 2 is 2.05 bits per heavy atom. The summed E-state index contributed by atoms with van der Waals surface area (Å²) in [4.78, 5) is 10.7. The zero-order valence-electron chi connectivity index (χ0n) is 11.6. The number of rotatable bonds is 8. The molecule has 0 spiro atoms. The largest absolute Gasteiger partial charge is 0.495 e. The molecule has 0 saturated carbocycles. The maximum atomic E-state index is 12.4. The second kappa shape index (κ2) is 7.60. The first-order chi connectivity index (χ1) is 9.82. The molecule has 21 heavy (non-hydrogen) atoms. The second-order valence-corrected chi connectivity index (χ2v) is 6.37. The molecule has 0 aromatic heterocycles. The van der Waals surface area contributed by atoms with E-state index in [4.69, 9.17) is 26.2 Å². The van der Waals surface area contributed by atoms with Gasteiger partial charge in [0.2, 0.25) is 10.0 Å². The third-order valence-electron chi connectivity index (χ3n) is 2.62. The van der Waals surface area contributed by atoms with E-state index in [2.05, 4.69) is 0 Å². The van der Waals surface area contributed by atoms with E-state index < -0.39 is 22.5 Å². The van der Waals surface area contributed by atoms with Crippen molar-refractivity contribution in [1.29, 1.82) is 0 Å². The summed E-state index contributed by atoms with van der Waals surface area (Å²) < 4.78 is 35.4. The van der Waals surface area contributed by atoms with Crippen LogP contribution >= 0.6 is 11.6 Å². The molecule has 0 unspecified atom stereocenters. The third kappa shape index (κ3) is 4.57. The molecule has 0 atom stereocenters. The molecule has 1 N–H and O–H groups in total. The number of aliphatic carboxylic acids is 1. The Morgan fingerprint density at radius 1 is 1.38 bits per heavy atom. The Bertz CT molecular complexity index is 604. The fraction of sp³-hybridized carbons (Fsp3) is 0.417. The molecule has 0 radical (unpaired) electrons. The number of benzene rings is 1. The molecule has 1 aromatic carbocycles. The second-order valence-electron chi connectivity index (χ2n) is 4.02. The Hall–Kier alpha value is -1.35. The van der Waals surface area contributed by atoms with Crippen LogP contribution in [0.1, 0.15) is 0 Å². The van der Waals surface area contributed by atoms with Gasteiger partial charge in [0.1, 0.15) is 12.3 Å². The number of nitrogens with zero attached hydrogens (tertiary/aromatic N) is 1. The van der Waals surface area contributed by atoms with Crippen LogP contribution in [-0.4, -0.2) is 57.7 Å². The van der Waals surface area contributed by atoms with Crippen molar-refractivity contribution >= 4 is 27.6 Å². The maximum Gasteiger partial charge on any atom is 0.318 e. The highest BCUT2D eigenvalue weighted by atomic mass is 35.5. The fourth-order valence-electron chi connectivity index (χ4n) is 1.58. The molecule has 1 rings (SSSR count). The SMILES string of the molecule is COCCN(CC(=O)O)S(=O)(=O)c1ccc(OC)c(Cl)c1. The molecule has 0 bridgehead atoms. The lowest BCUT2D eigenvalue weighted by atomic mass is 10.3. The topological polar surface area (TPSA) is 93.1 Å². The van der Waals surface area contributed by atoms with Crippen molar-refractivity contribution in [3.63, 3.8) is 0 Å². The van der Waals surface area contributed by atoms with Crippen LogP contribution in [0.3, 0.4) is 0 Å². The molecule has 1 aromatic rings. The van der Waals surface area contributed by atoms with E-state index in [-0.39, 0.29) is 23.1 Å². The van der Waals surface area contributed by atoms with E-state index >= 15 is 0 Å². The van der Waals surface area contributed by atoms with Crippen LogP contribution in [0.4, 0.5) is 0 Å². The lowest BCUT2D eigenvalue weighted by molar-refractivity contribution is -0.137. The summed E-state index contributed by atoms with van der Waals surface area (Å²) in [5, 5.41) is 8.96. The van der Waals surface area contributed by atoms with Crippen molar-refractivity contribution in [2.75, 3.05) is 33.9 Å². The van der Waals surface area contributed by atoms with E-state index in [9.17, 15) is 13.2 Å². The minimum atomic E-state index is -3.98. The van der Waals surface area contributed by atoms with Gasteiger partial charge in [-0.2, -0.15) is 4.31 Å². The summed E-state index contributed by atoms with van der Waals surface area (Å²) in [6.07, 6.45) is 0. The van der Waals surface area contributed by atoms with Crippen molar-refractivity contribution in [2.45, 2.75) is 4.90 Å². The molecule has 0 aliphatic rings. The molecule has 0 aliphatic carbocycles. The van der Waals surface area contributed by atoms with Gasteiger partial charge in [0, 0.05) is 13.7 Å². The minimum absolute atomic E-state index is 0.0746. The normalized spacial score (nSPS) is 11.6. The highest BCUT2D eigenvalue weighted by molar-refractivity contribution is 7.89. The predicted octanol–water partition coefficient (Wildman–Crippen LogP) is 1.07. The van der Waals surface area contributed by atoms with Gasteiger partial charge < -0.3 is 14.6 Å². The van der Waals surface area contributed by atoms with E-state index in [1.54, 1.807) is 0 Å². The molecule has 0 saturated heterocycles. The van der Waals surface area contributed by atoms with E-state index in [1.165, 1.54) is 32.4 Å². The van der Waals surface area contributed by atoms with Crippen molar-refractivity contribution in [3.05, 3.63) is 23.2 Å². The van der Waals surface area contributed by atoms with Crippen LogP contribution in [-0.2, 0) is 19.6 Å². The number of hydrogen-bond acceptors (Lipinski definition) is 5. The lowest BCUT2D eigenvalue weighted by Gasteiger charge is -2.20. The van der Waals surface area contributed by atoms with Gasteiger partial charge >= 0.3 is 5.97 Å². The number of halogens is 1. The van der Waals surface area contributed by atoms with Crippen molar-refractivity contribution in [3.8, 4) is 5.75 Å². The molecule has 7 nitrogen and oxygen atoms in total. The average molecular weight is 338 g/mol. The van der Waals surface area contributed by atoms with Crippen molar-refractivity contribution in [2.24, 2.45) is 0 Å². The Labute approximate surface area is 128 Å². The summed E-state index contributed by atoms with van der Waals surface area (Å²) >= 11 is 5.90. The summed E-state index contributed by atoms with van der Waals surface area (Å²) in [6, 6.07) is 3.93. The number of ether oxygens (including phenoxy) is 2. The van der Waals surface area contributed by atoms with Gasteiger partial charge in [-0.15, -0.1) is 0 Å². The maximum absolute atomic E-state index is 12.4. The highest BCUT2D eigenvalue weighted by Crippen LogP contribution is 2.28. The van der Waals surface area contributed by atoms with Crippen LogP contribution in [0, 0.1) is 0 Å². The van der Waals surface area contributed by atoms with Crippen LogP contribution in [0.5, 0.6) is 5.75 Å². The Kier molecular flexibility index (Phi) is 6.41. The smallest absolute Gasteiger partial charge is 0.318 e. The van der Waals surface area contributed by atoms with Gasteiger partial charge in [-0.1, -0.05) is 11.6 Å². The predicted molar refractivity (Wildman–Crippen MR) is 76.3 cm³/mol. The summed E-state index contributed by atoms with van der Waals surface area (Å²) in [6.45, 7) is -0.652. The molecule has 0 fully saturated rings. The van der Waals surface area contributed by atoms with Crippen LogP contribution in [0.25, 0.3) is 0 Å². The molecular formula is C12H16ClNO6S. The zero-order chi connectivity index (χ0) is 16.0. The van der Waals surface area contributed by atoms with E-state index in [0.717, 1.165) is 4.31 Å². The quantitative estimate of drug-likeness (QED) is 0.762. The van der Waals surface area contributed by atoms with Gasteiger partial charge in [0.25, 0.3) is 0 Å². The number of carboxylic acid groups (broad SMARTS) is 1. The number of methoxy groups -OCH3 is 2. The number of carboxylic acids is 1. The number of hydrogen-bond donors (Lipinski definition) is 1. The van der Waals surface area contributed by atoms with Gasteiger partial charge in [-0.25, -0.2) is 8.42 Å². The first kappa shape index (κ1) is 17.7. The molecule has 118 valence electrons. The van der Waals surface area contributed by atoms with Crippen molar-refractivity contribution < 1.29 is 27.8 Å². The fourth-order valence-corrected chi connectivity index (χ4v) is 3.31. The first-order valence-corrected chi connectivity index (χ1v) is 7.69. The van der Waals surface area contributed by atoms with Gasteiger partial charge in [-0.3, -0.25) is 4.79 Å². The monoisotopic (exact) mass is 337 g/mol. The highest BCUT2D eigenvalue weighted by Gasteiger charge is 2.27. The molecule has 0 amide bonds. The van der Waals surface area contributed by atoms with Gasteiger partial charge in [-0.05, 0) is 18.2 Å². The zero-order valence-corrected chi connectivity index (χ0v) is 13.1. The van der Waals surface area contributed by atoms with Gasteiger partial charge in [0.05, 0.1) is 23.6 Å². The number of sulfonamides is 1. The standard InChI is InChI=1S/C12H16ClNO6S/c1-19-6-5-14(8-12(15)16)21(17,18)9-3-4-11(20-2)10(13)7-9/h3-4,7H,5-6,8H2,1-2H3,(H,15,16). The molecule has 9 heteroatoms. The Balaban J connectivity index is 3.15. The Morgan fingerprint density at radius 3 is 2.52 bits per heavy atom. The minimum Gasteiger partial charge on any atom is -0.495 e. The summed E-state index contributed by atoms with van der Waals surface area (Å²) in [5.74, 6) is -0.924. The molecule has 0 heterocycles. The lowest BCUT2D eigenvalue weighted by Crippen LogP contribution is -2.37.